The Hall–Kier alpha value is -3.61. The second-order valence-corrected chi connectivity index (χ2v) is 7.11. The SMILES string of the molecule is Cc1nn(-c2ccccc2)c(C)c1NC(=O)COC(=O)c1ccc(OC(C)C)cc1. The minimum Gasteiger partial charge on any atom is -0.491 e. The number of benzene rings is 2. The van der Waals surface area contributed by atoms with Gasteiger partial charge in [-0.3, -0.25) is 4.79 Å². The number of nitrogens with zero attached hydrogens (tertiary/aromatic N) is 2. The van der Waals surface area contributed by atoms with Crippen molar-refractivity contribution in [1.29, 1.82) is 0 Å². The van der Waals surface area contributed by atoms with Crippen molar-refractivity contribution in [3.05, 3.63) is 71.5 Å². The molecule has 0 aliphatic rings. The molecular formula is C23H25N3O4. The number of aromatic nitrogens is 2. The lowest BCUT2D eigenvalue weighted by molar-refractivity contribution is -0.119. The molecule has 1 amide bonds. The molecule has 0 bridgehead atoms. The zero-order chi connectivity index (χ0) is 21.7. The van der Waals surface area contributed by atoms with Crippen LogP contribution in [0.2, 0.25) is 0 Å². The van der Waals surface area contributed by atoms with E-state index < -0.39 is 18.5 Å². The van der Waals surface area contributed by atoms with E-state index in [1.165, 1.54) is 0 Å². The third-order valence-corrected chi connectivity index (χ3v) is 4.35. The first kappa shape index (κ1) is 21.1. The number of aryl methyl sites for hydroxylation is 1. The Balaban J connectivity index is 1.60. The summed E-state index contributed by atoms with van der Waals surface area (Å²) in [5.74, 6) is -0.336. The lowest BCUT2D eigenvalue weighted by Gasteiger charge is -2.10. The van der Waals surface area contributed by atoms with Crippen molar-refractivity contribution in [2.75, 3.05) is 11.9 Å². The molecule has 2 aromatic carbocycles. The molecule has 3 aromatic rings. The number of anilines is 1. The number of carbonyl (C=O) groups excluding carboxylic acids is 2. The molecule has 0 fully saturated rings. The highest BCUT2D eigenvalue weighted by Crippen LogP contribution is 2.22. The molecule has 1 aromatic heterocycles. The molecule has 1 heterocycles. The Bertz CT molecular complexity index is 1020. The van der Waals surface area contributed by atoms with Crippen LogP contribution in [0.5, 0.6) is 5.75 Å². The third-order valence-electron chi connectivity index (χ3n) is 4.35. The van der Waals surface area contributed by atoms with Gasteiger partial charge in [-0.25, -0.2) is 9.48 Å². The van der Waals surface area contributed by atoms with Crippen LogP contribution in [-0.4, -0.2) is 34.4 Å². The van der Waals surface area contributed by atoms with Crippen LogP contribution in [0.4, 0.5) is 5.69 Å². The molecule has 0 saturated carbocycles. The van der Waals surface area contributed by atoms with Gasteiger partial charge in [0.1, 0.15) is 5.75 Å². The van der Waals surface area contributed by atoms with Gasteiger partial charge in [0, 0.05) is 0 Å². The van der Waals surface area contributed by atoms with Gasteiger partial charge in [-0.15, -0.1) is 0 Å². The number of esters is 1. The van der Waals surface area contributed by atoms with Crippen molar-refractivity contribution in [2.24, 2.45) is 0 Å². The zero-order valence-electron chi connectivity index (χ0n) is 17.5. The fraction of sp³-hybridized carbons (Fsp3) is 0.261. The molecule has 0 spiro atoms. The van der Waals surface area contributed by atoms with E-state index in [0.717, 1.165) is 11.4 Å². The third kappa shape index (κ3) is 5.05. The number of carbonyl (C=O) groups is 2. The maximum Gasteiger partial charge on any atom is 0.338 e. The van der Waals surface area contributed by atoms with Crippen LogP contribution in [0.25, 0.3) is 5.69 Å². The van der Waals surface area contributed by atoms with Gasteiger partial charge in [0.05, 0.1) is 34.4 Å². The van der Waals surface area contributed by atoms with Gasteiger partial charge in [-0.2, -0.15) is 5.10 Å². The average molecular weight is 407 g/mol. The minimum absolute atomic E-state index is 0.0460. The molecule has 30 heavy (non-hydrogen) atoms. The summed E-state index contributed by atoms with van der Waals surface area (Å²) in [6, 6.07) is 16.2. The van der Waals surface area contributed by atoms with Crippen LogP contribution >= 0.6 is 0 Å². The van der Waals surface area contributed by atoms with Gasteiger partial charge in [0.25, 0.3) is 5.91 Å². The van der Waals surface area contributed by atoms with Gasteiger partial charge in [-0.05, 0) is 64.1 Å². The lowest BCUT2D eigenvalue weighted by atomic mass is 10.2. The first-order chi connectivity index (χ1) is 14.3. The topological polar surface area (TPSA) is 82.5 Å². The van der Waals surface area contributed by atoms with Gasteiger partial charge < -0.3 is 14.8 Å². The van der Waals surface area contributed by atoms with Crippen LogP contribution in [-0.2, 0) is 9.53 Å². The molecule has 7 heteroatoms. The molecule has 0 aliphatic carbocycles. The fourth-order valence-electron chi connectivity index (χ4n) is 2.98. The molecule has 156 valence electrons. The smallest absolute Gasteiger partial charge is 0.338 e. The first-order valence-electron chi connectivity index (χ1n) is 9.70. The van der Waals surface area contributed by atoms with E-state index >= 15 is 0 Å². The minimum atomic E-state index is -0.574. The monoisotopic (exact) mass is 407 g/mol. The summed E-state index contributed by atoms with van der Waals surface area (Å²) < 4.78 is 12.4. The lowest BCUT2D eigenvalue weighted by Crippen LogP contribution is -2.21. The molecule has 0 radical (unpaired) electrons. The summed E-state index contributed by atoms with van der Waals surface area (Å²) in [5, 5.41) is 7.27. The predicted molar refractivity (Wildman–Crippen MR) is 114 cm³/mol. The van der Waals surface area contributed by atoms with Crippen molar-refractivity contribution >= 4 is 17.6 Å². The van der Waals surface area contributed by atoms with Crippen LogP contribution in [0, 0.1) is 13.8 Å². The van der Waals surface area contributed by atoms with Crippen molar-refractivity contribution in [2.45, 2.75) is 33.8 Å². The summed E-state index contributed by atoms with van der Waals surface area (Å²) in [4.78, 5) is 24.5. The Morgan fingerprint density at radius 1 is 1.03 bits per heavy atom. The average Bonchev–Trinajstić information content (AvgIpc) is 3.01. The number of para-hydroxylation sites is 1. The first-order valence-corrected chi connectivity index (χ1v) is 9.70. The van der Waals surface area contributed by atoms with Crippen LogP contribution in [0.3, 0.4) is 0 Å². The van der Waals surface area contributed by atoms with Crippen LogP contribution in [0.1, 0.15) is 35.6 Å². The standard InChI is InChI=1S/C23H25N3O4/c1-15(2)30-20-12-10-18(11-13-20)23(28)29-14-21(27)24-22-16(3)25-26(17(22)4)19-8-6-5-7-9-19/h5-13,15H,14H2,1-4H3,(H,24,27). The Kier molecular flexibility index (Phi) is 6.51. The van der Waals surface area contributed by atoms with Gasteiger partial charge in [-0.1, -0.05) is 18.2 Å². The Labute approximate surface area is 175 Å². The molecule has 0 saturated heterocycles. The summed E-state index contributed by atoms with van der Waals surface area (Å²) >= 11 is 0. The number of amides is 1. The summed E-state index contributed by atoms with van der Waals surface area (Å²) in [6.45, 7) is 7.14. The quantitative estimate of drug-likeness (QED) is 0.597. The summed E-state index contributed by atoms with van der Waals surface area (Å²) in [5.41, 5.74) is 3.32. The number of rotatable bonds is 7. The number of hydrogen-bond acceptors (Lipinski definition) is 5. The van der Waals surface area contributed by atoms with Crippen molar-refractivity contribution in [1.82, 2.24) is 9.78 Å². The number of ether oxygens (including phenoxy) is 2. The van der Waals surface area contributed by atoms with E-state index in [1.807, 2.05) is 58.0 Å². The maximum absolute atomic E-state index is 12.3. The Morgan fingerprint density at radius 2 is 1.70 bits per heavy atom. The normalized spacial score (nSPS) is 10.7. The predicted octanol–water partition coefficient (Wildman–Crippen LogP) is 4.07. The van der Waals surface area contributed by atoms with Gasteiger partial charge in [0.15, 0.2) is 6.61 Å². The highest BCUT2D eigenvalue weighted by Gasteiger charge is 2.17. The van der Waals surface area contributed by atoms with Crippen LogP contribution in [0.15, 0.2) is 54.6 Å². The van der Waals surface area contributed by atoms with Gasteiger partial charge >= 0.3 is 5.97 Å². The van der Waals surface area contributed by atoms with Crippen molar-refractivity contribution in [3.63, 3.8) is 0 Å². The maximum atomic E-state index is 12.3. The fourth-order valence-corrected chi connectivity index (χ4v) is 2.98. The summed E-state index contributed by atoms with van der Waals surface area (Å²) in [6.07, 6.45) is 0.0460. The van der Waals surface area contributed by atoms with E-state index in [1.54, 1.807) is 28.9 Å². The van der Waals surface area contributed by atoms with E-state index in [0.29, 0.717) is 22.7 Å². The molecular weight excluding hydrogens is 382 g/mol. The molecule has 1 N–H and O–H groups in total. The van der Waals surface area contributed by atoms with E-state index in [2.05, 4.69) is 10.4 Å². The number of nitrogens with one attached hydrogen (secondary N) is 1. The second-order valence-electron chi connectivity index (χ2n) is 7.11. The van der Waals surface area contributed by atoms with E-state index in [-0.39, 0.29) is 6.10 Å². The van der Waals surface area contributed by atoms with Crippen molar-refractivity contribution < 1.29 is 19.1 Å². The highest BCUT2D eigenvalue weighted by molar-refractivity contribution is 5.96. The molecule has 0 unspecified atom stereocenters. The second kappa shape index (κ2) is 9.26. The molecule has 7 nitrogen and oxygen atoms in total. The van der Waals surface area contributed by atoms with E-state index in [9.17, 15) is 9.59 Å². The molecule has 0 atom stereocenters. The van der Waals surface area contributed by atoms with Crippen molar-refractivity contribution in [3.8, 4) is 11.4 Å². The molecule has 3 rings (SSSR count). The number of hydrogen-bond donors (Lipinski definition) is 1. The Morgan fingerprint density at radius 3 is 2.33 bits per heavy atom. The van der Waals surface area contributed by atoms with Crippen LogP contribution < -0.4 is 10.1 Å². The highest BCUT2D eigenvalue weighted by atomic mass is 16.5. The van der Waals surface area contributed by atoms with Gasteiger partial charge in [0.2, 0.25) is 0 Å². The largest absolute Gasteiger partial charge is 0.491 e. The zero-order valence-corrected chi connectivity index (χ0v) is 17.5. The van der Waals surface area contributed by atoms with E-state index in [4.69, 9.17) is 9.47 Å². The summed E-state index contributed by atoms with van der Waals surface area (Å²) in [7, 11) is 0. The molecule has 0 aliphatic heterocycles.